The van der Waals surface area contributed by atoms with E-state index in [0.717, 1.165) is 15.3 Å². The van der Waals surface area contributed by atoms with Gasteiger partial charge in [-0.25, -0.2) is 4.98 Å². The number of fused-ring (bicyclic) bond motifs is 1. The Balaban J connectivity index is 2.28. The lowest BCUT2D eigenvalue weighted by Gasteiger charge is -2.29. The second kappa shape index (κ2) is 5.00. The van der Waals surface area contributed by atoms with Gasteiger partial charge in [-0.05, 0) is 18.6 Å². The molecule has 2 rings (SSSR count). The van der Waals surface area contributed by atoms with Gasteiger partial charge in [0.2, 0.25) is 0 Å². The maximum atomic E-state index is 9.37. The van der Waals surface area contributed by atoms with E-state index < -0.39 is 5.54 Å². The molecule has 0 unspecified atom stereocenters. The number of nitrogens with zero attached hydrogens (tertiary/aromatic N) is 1. The number of rotatable bonds is 5. The van der Waals surface area contributed by atoms with Gasteiger partial charge in [0.05, 0.1) is 29.0 Å². The second-order valence-corrected chi connectivity index (χ2v) is 5.09. The third-order valence-corrected chi connectivity index (χ3v) is 3.90. The molecule has 4 nitrogen and oxygen atoms in total. The summed E-state index contributed by atoms with van der Waals surface area (Å²) < 4.78 is 1.09. The fourth-order valence-corrected chi connectivity index (χ4v) is 2.58. The van der Waals surface area contributed by atoms with Gasteiger partial charge in [0.25, 0.3) is 0 Å². The topological polar surface area (TPSA) is 65.4 Å². The molecule has 0 saturated carbocycles. The van der Waals surface area contributed by atoms with Crippen molar-refractivity contribution in [2.75, 3.05) is 18.5 Å². The Morgan fingerprint density at radius 3 is 2.59 bits per heavy atom. The maximum absolute atomic E-state index is 9.37. The van der Waals surface area contributed by atoms with Crippen molar-refractivity contribution in [3.63, 3.8) is 0 Å². The Morgan fingerprint density at radius 1 is 1.29 bits per heavy atom. The van der Waals surface area contributed by atoms with Gasteiger partial charge in [-0.2, -0.15) is 0 Å². The predicted molar refractivity (Wildman–Crippen MR) is 70.4 cm³/mol. The molecule has 92 valence electrons. The normalized spacial score (nSPS) is 11.9. The number of anilines is 1. The minimum absolute atomic E-state index is 0.115. The molecule has 0 atom stereocenters. The molecule has 0 saturated heterocycles. The van der Waals surface area contributed by atoms with E-state index >= 15 is 0 Å². The van der Waals surface area contributed by atoms with Gasteiger partial charge in [-0.1, -0.05) is 30.4 Å². The number of benzene rings is 1. The van der Waals surface area contributed by atoms with Crippen LogP contribution in [0.3, 0.4) is 0 Å². The monoisotopic (exact) mass is 252 g/mol. The van der Waals surface area contributed by atoms with Gasteiger partial charge in [-0.3, -0.25) is 0 Å². The van der Waals surface area contributed by atoms with Crippen LogP contribution in [0.5, 0.6) is 0 Å². The Hall–Kier alpha value is -1.17. The highest BCUT2D eigenvalue weighted by Gasteiger charge is 2.27. The molecule has 0 amide bonds. The van der Waals surface area contributed by atoms with Crippen LogP contribution in [0.4, 0.5) is 5.13 Å². The molecule has 1 heterocycles. The van der Waals surface area contributed by atoms with Crippen molar-refractivity contribution in [2.45, 2.75) is 18.9 Å². The lowest BCUT2D eigenvalue weighted by Crippen LogP contribution is -2.45. The molecule has 0 spiro atoms. The number of aliphatic hydroxyl groups is 2. The first-order valence-electron chi connectivity index (χ1n) is 5.58. The van der Waals surface area contributed by atoms with E-state index in [1.165, 1.54) is 11.3 Å². The highest BCUT2D eigenvalue weighted by molar-refractivity contribution is 7.22. The lowest BCUT2D eigenvalue weighted by molar-refractivity contribution is 0.132. The van der Waals surface area contributed by atoms with E-state index in [4.69, 9.17) is 0 Å². The highest BCUT2D eigenvalue weighted by Crippen LogP contribution is 2.28. The highest BCUT2D eigenvalue weighted by atomic mass is 32.1. The molecule has 0 radical (unpaired) electrons. The first-order chi connectivity index (χ1) is 8.23. The van der Waals surface area contributed by atoms with E-state index in [1.807, 2.05) is 31.2 Å². The average molecular weight is 252 g/mol. The SMILES string of the molecule is CCC(CO)(CO)Nc1nc2ccccc2s1. The first kappa shape index (κ1) is 12.3. The van der Waals surface area contributed by atoms with Gasteiger partial charge >= 0.3 is 0 Å². The summed E-state index contributed by atoms with van der Waals surface area (Å²) in [4.78, 5) is 4.43. The van der Waals surface area contributed by atoms with Gasteiger partial charge in [-0.15, -0.1) is 0 Å². The lowest BCUT2D eigenvalue weighted by atomic mass is 9.99. The Morgan fingerprint density at radius 2 is 2.00 bits per heavy atom. The van der Waals surface area contributed by atoms with Crippen molar-refractivity contribution >= 4 is 26.7 Å². The summed E-state index contributed by atoms with van der Waals surface area (Å²) in [6, 6.07) is 7.86. The summed E-state index contributed by atoms with van der Waals surface area (Å²) in [7, 11) is 0. The predicted octanol–water partition coefficient (Wildman–Crippen LogP) is 1.84. The minimum atomic E-state index is -0.687. The molecule has 0 fully saturated rings. The summed E-state index contributed by atoms with van der Waals surface area (Å²) in [6.45, 7) is 1.69. The van der Waals surface area contributed by atoms with Crippen LogP contribution in [0.25, 0.3) is 10.2 Å². The molecule has 3 N–H and O–H groups in total. The molecular formula is C12H16N2O2S. The van der Waals surface area contributed by atoms with Crippen LogP contribution in [0.2, 0.25) is 0 Å². The molecule has 5 heteroatoms. The average Bonchev–Trinajstić information content (AvgIpc) is 2.78. The van der Waals surface area contributed by atoms with Crippen molar-refractivity contribution in [1.29, 1.82) is 0 Å². The molecule has 0 bridgehead atoms. The molecule has 1 aromatic heterocycles. The molecule has 0 aliphatic heterocycles. The van der Waals surface area contributed by atoms with Crippen LogP contribution in [-0.2, 0) is 0 Å². The summed E-state index contributed by atoms with van der Waals surface area (Å²) in [5.74, 6) is 0. The first-order valence-corrected chi connectivity index (χ1v) is 6.40. The molecule has 0 aliphatic carbocycles. The number of hydrogen-bond donors (Lipinski definition) is 3. The molecule has 17 heavy (non-hydrogen) atoms. The Labute approximate surface area is 104 Å². The van der Waals surface area contributed by atoms with Gasteiger partial charge in [0.1, 0.15) is 0 Å². The molecular weight excluding hydrogens is 236 g/mol. The second-order valence-electron chi connectivity index (χ2n) is 4.06. The fraction of sp³-hybridized carbons (Fsp3) is 0.417. The van der Waals surface area contributed by atoms with Crippen molar-refractivity contribution in [3.05, 3.63) is 24.3 Å². The zero-order chi connectivity index (χ0) is 12.3. The van der Waals surface area contributed by atoms with Gasteiger partial charge in [0.15, 0.2) is 5.13 Å². The summed E-state index contributed by atoms with van der Waals surface area (Å²) >= 11 is 1.53. The van der Waals surface area contributed by atoms with E-state index in [9.17, 15) is 10.2 Å². The zero-order valence-corrected chi connectivity index (χ0v) is 10.5. The number of thiazole rings is 1. The fourth-order valence-electron chi connectivity index (χ4n) is 1.59. The summed E-state index contributed by atoms with van der Waals surface area (Å²) in [6.07, 6.45) is 0.635. The zero-order valence-electron chi connectivity index (χ0n) is 9.68. The summed E-state index contributed by atoms with van der Waals surface area (Å²) in [5, 5.41) is 22.6. The number of aromatic nitrogens is 1. The van der Waals surface area contributed by atoms with Crippen molar-refractivity contribution in [1.82, 2.24) is 4.98 Å². The minimum Gasteiger partial charge on any atom is -0.394 e. The van der Waals surface area contributed by atoms with Crippen LogP contribution in [0, 0.1) is 0 Å². The summed E-state index contributed by atoms with van der Waals surface area (Å²) in [5.41, 5.74) is 0.245. The van der Waals surface area contributed by atoms with Crippen LogP contribution in [-0.4, -0.2) is 33.9 Å². The number of para-hydroxylation sites is 1. The van der Waals surface area contributed by atoms with Crippen molar-refractivity contribution in [2.24, 2.45) is 0 Å². The van der Waals surface area contributed by atoms with Crippen LogP contribution < -0.4 is 5.32 Å². The quantitative estimate of drug-likeness (QED) is 0.759. The van der Waals surface area contributed by atoms with E-state index in [2.05, 4.69) is 10.3 Å². The number of nitrogens with one attached hydrogen (secondary N) is 1. The molecule has 2 aromatic rings. The Kier molecular flexibility index (Phi) is 3.61. The van der Waals surface area contributed by atoms with Gasteiger partial charge in [0, 0.05) is 0 Å². The number of aliphatic hydroxyl groups excluding tert-OH is 2. The van der Waals surface area contributed by atoms with Crippen molar-refractivity contribution < 1.29 is 10.2 Å². The Bertz CT molecular complexity index is 453. The van der Waals surface area contributed by atoms with Crippen LogP contribution >= 0.6 is 11.3 Å². The van der Waals surface area contributed by atoms with E-state index in [0.29, 0.717) is 6.42 Å². The van der Waals surface area contributed by atoms with Crippen LogP contribution in [0.1, 0.15) is 13.3 Å². The van der Waals surface area contributed by atoms with Crippen LogP contribution in [0.15, 0.2) is 24.3 Å². The molecule has 1 aromatic carbocycles. The largest absolute Gasteiger partial charge is 0.394 e. The smallest absolute Gasteiger partial charge is 0.184 e. The maximum Gasteiger partial charge on any atom is 0.184 e. The third kappa shape index (κ3) is 2.41. The van der Waals surface area contributed by atoms with E-state index in [-0.39, 0.29) is 13.2 Å². The number of hydrogen-bond acceptors (Lipinski definition) is 5. The van der Waals surface area contributed by atoms with E-state index in [1.54, 1.807) is 0 Å². The van der Waals surface area contributed by atoms with Gasteiger partial charge < -0.3 is 15.5 Å². The third-order valence-electron chi connectivity index (χ3n) is 2.95. The standard InChI is InChI=1S/C12H16N2O2S/c1-2-12(7-15,8-16)14-11-13-9-5-3-4-6-10(9)17-11/h3-6,15-16H,2,7-8H2,1H3,(H,13,14). The molecule has 0 aliphatic rings. The van der Waals surface area contributed by atoms with Crippen molar-refractivity contribution in [3.8, 4) is 0 Å².